The molecule has 0 aliphatic heterocycles. The summed E-state index contributed by atoms with van der Waals surface area (Å²) < 4.78 is 0. The maximum absolute atomic E-state index is 10.3. The fourth-order valence-electron chi connectivity index (χ4n) is 0.969. The molecule has 0 heterocycles. The van der Waals surface area contributed by atoms with Gasteiger partial charge in [0.05, 0.1) is 4.92 Å². The van der Waals surface area contributed by atoms with Crippen LogP contribution >= 0.6 is 0 Å². The first kappa shape index (κ1) is 10.9. The van der Waals surface area contributed by atoms with Crippen LogP contribution in [-0.4, -0.2) is 11.0 Å². The van der Waals surface area contributed by atoms with Crippen molar-refractivity contribution in [2.75, 3.05) is 0 Å². The Morgan fingerprint density at radius 3 is 2.47 bits per heavy atom. The van der Waals surface area contributed by atoms with E-state index in [0.717, 1.165) is 5.56 Å². The molecule has 0 aliphatic carbocycles. The summed E-state index contributed by atoms with van der Waals surface area (Å²) in [7, 11) is 0. The van der Waals surface area contributed by atoms with Crippen LogP contribution in [0.25, 0.3) is 0 Å². The van der Waals surface area contributed by atoms with E-state index >= 15 is 0 Å². The van der Waals surface area contributed by atoms with Crippen LogP contribution in [0, 0.1) is 10.1 Å². The molecule has 0 aromatic heterocycles. The van der Waals surface area contributed by atoms with Crippen molar-refractivity contribution in [3.63, 3.8) is 0 Å². The Labute approximate surface area is 85.4 Å². The number of primary amides is 1. The smallest absolute Gasteiger partial charge is 0.326 e. The van der Waals surface area contributed by atoms with Gasteiger partial charge in [-0.2, -0.15) is 0 Å². The summed E-state index contributed by atoms with van der Waals surface area (Å²) in [6.45, 7) is 0.348. The molecule has 80 valence electrons. The number of nitro benzene ring substituents is 1. The summed E-state index contributed by atoms with van der Waals surface area (Å²) in [6.07, 6.45) is 0. The van der Waals surface area contributed by atoms with Crippen LogP contribution in [-0.2, 0) is 6.54 Å². The molecule has 15 heavy (non-hydrogen) atoms. The highest BCUT2D eigenvalue weighted by molar-refractivity contribution is 5.70. The number of urea groups is 1. The number of hydrazine groups is 1. The van der Waals surface area contributed by atoms with Gasteiger partial charge >= 0.3 is 6.03 Å². The van der Waals surface area contributed by atoms with Gasteiger partial charge in [0.15, 0.2) is 0 Å². The molecular weight excluding hydrogens is 200 g/mol. The lowest BCUT2D eigenvalue weighted by Crippen LogP contribution is -2.40. The minimum atomic E-state index is -0.683. The number of amides is 2. The van der Waals surface area contributed by atoms with Crippen molar-refractivity contribution < 1.29 is 9.72 Å². The third-order valence-electron chi connectivity index (χ3n) is 1.65. The maximum atomic E-state index is 10.3. The molecule has 7 nitrogen and oxygen atoms in total. The Kier molecular flexibility index (Phi) is 3.58. The van der Waals surface area contributed by atoms with E-state index in [2.05, 4.69) is 10.9 Å². The molecule has 0 atom stereocenters. The Hall–Kier alpha value is -2.15. The second kappa shape index (κ2) is 4.91. The van der Waals surface area contributed by atoms with E-state index in [0.29, 0.717) is 6.54 Å². The maximum Gasteiger partial charge on any atom is 0.326 e. The summed E-state index contributed by atoms with van der Waals surface area (Å²) in [5.41, 5.74) is 10.4. The number of nitrogens with two attached hydrogens (primary N) is 1. The number of non-ortho nitro benzene ring substituents is 1. The standard InChI is InChI=1S/C8H10N4O3/c9-8(13)11-10-5-6-1-3-7(4-2-6)12(14)15/h1-4,10H,5H2,(H3,9,11,13). The lowest BCUT2D eigenvalue weighted by Gasteiger charge is -2.03. The van der Waals surface area contributed by atoms with Crippen LogP contribution in [0.4, 0.5) is 10.5 Å². The zero-order valence-corrected chi connectivity index (χ0v) is 7.77. The van der Waals surface area contributed by atoms with Crippen LogP contribution in [0.5, 0.6) is 0 Å². The SMILES string of the molecule is NC(=O)NNCc1ccc([N+](=O)[O-])cc1. The lowest BCUT2D eigenvalue weighted by molar-refractivity contribution is -0.384. The quantitative estimate of drug-likeness (QED) is 0.489. The average Bonchev–Trinajstić information content (AvgIpc) is 2.18. The Balaban J connectivity index is 2.50. The number of hydrogen-bond donors (Lipinski definition) is 3. The minimum Gasteiger partial charge on any atom is -0.351 e. The van der Waals surface area contributed by atoms with Crippen molar-refractivity contribution >= 4 is 11.7 Å². The molecule has 0 saturated carbocycles. The van der Waals surface area contributed by atoms with Crippen LogP contribution in [0.2, 0.25) is 0 Å². The van der Waals surface area contributed by atoms with Crippen molar-refractivity contribution in [1.29, 1.82) is 0 Å². The van der Waals surface area contributed by atoms with Gasteiger partial charge in [-0.15, -0.1) is 0 Å². The Morgan fingerprint density at radius 2 is 2.00 bits per heavy atom. The zero-order chi connectivity index (χ0) is 11.3. The van der Waals surface area contributed by atoms with Crippen molar-refractivity contribution in [3.05, 3.63) is 39.9 Å². The molecule has 2 amide bonds. The molecule has 0 bridgehead atoms. The van der Waals surface area contributed by atoms with Gasteiger partial charge in [0.25, 0.3) is 5.69 Å². The molecule has 4 N–H and O–H groups in total. The van der Waals surface area contributed by atoms with Crippen molar-refractivity contribution in [2.24, 2.45) is 5.73 Å². The number of carbonyl (C=O) groups is 1. The second-order valence-electron chi connectivity index (χ2n) is 2.77. The monoisotopic (exact) mass is 210 g/mol. The minimum absolute atomic E-state index is 0.0293. The number of rotatable bonds is 4. The highest BCUT2D eigenvalue weighted by Gasteiger charge is 2.03. The van der Waals surface area contributed by atoms with E-state index in [1.165, 1.54) is 12.1 Å². The van der Waals surface area contributed by atoms with Crippen molar-refractivity contribution in [1.82, 2.24) is 10.9 Å². The van der Waals surface area contributed by atoms with Crippen LogP contribution in [0.15, 0.2) is 24.3 Å². The van der Waals surface area contributed by atoms with Crippen molar-refractivity contribution in [3.8, 4) is 0 Å². The number of benzene rings is 1. The molecule has 0 radical (unpaired) electrons. The van der Waals surface area contributed by atoms with Gasteiger partial charge in [0.2, 0.25) is 0 Å². The summed E-state index contributed by atoms with van der Waals surface area (Å²) in [5, 5.41) is 10.3. The van der Waals surface area contributed by atoms with E-state index in [4.69, 9.17) is 5.73 Å². The second-order valence-corrected chi connectivity index (χ2v) is 2.77. The highest BCUT2D eigenvalue weighted by atomic mass is 16.6. The van der Waals surface area contributed by atoms with Crippen LogP contribution in [0.3, 0.4) is 0 Å². The fraction of sp³-hybridized carbons (Fsp3) is 0.125. The third kappa shape index (κ3) is 3.61. The van der Waals surface area contributed by atoms with E-state index in [1.54, 1.807) is 12.1 Å². The topological polar surface area (TPSA) is 110 Å². The molecule has 0 saturated heterocycles. The van der Waals surface area contributed by atoms with Gasteiger partial charge < -0.3 is 5.73 Å². The highest BCUT2D eigenvalue weighted by Crippen LogP contribution is 2.11. The predicted octanol–water partition coefficient (Wildman–Crippen LogP) is 0.268. The van der Waals surface area contributed by atoms with Gasteiger partial charge in [-0.1, -0.05) is 12.1 Å². The molecule has 1 rings (SSSR count). The van der Waals surface area contributed by atoms with E-state index in [-0.39, 0.29) is 5.69 Å². The van der Waals surface area contributed by atoms with Gasteiger partial charge in [0, 0.05) is 18.7 Å². The molecule has 7 heteroatoms. The first-order chi connectivity index (χ1) is 7.09. The molecule has 0 fully saturated rings. The molecule has 0 aliphatic rings. The van der Waals surface area contributed by atoms with Gasteiger partial charge in [-0.3, -0.25) is 15.5 Å². The average molecular weight is 210 g/mol. The first-order valence-electron chi connectivity index (χ1n) is 4.11. The number of nitrogens with one attached hydrogen (secondary N) is 2. The number of hydrogen-bond acceptors (Lipinski definition) is 4. The van der Waals surface area contributed by atoms with Gasteiger partial charge in [-0.05, 0) is 5.56 Å². The van der Waals surface area contributed by atoms with Crippen LogP contribution in [0.1, 0.15) is 5.56 Å². The Morgan fingerprint density at radius 1 is 1.40 bits per heavy atom. The normalized spacial score (nSPS) is 9.60. The molecular formula is C8H10N4O3. The van der Waals surface area contributed by atoms with Gasteiger partial charge in [-0.25, -0.2) is 10.2 Å². The van der Waals surface area contributed by atoms with E-state index < -0.39 is 11.0 Å². The van der Waals surface area contributed by atoms with Gasteiger partial charge in [0.1, 0.15) is 0 Å². The number of nitro groups is 1. The zero-order valence-electron chi connectivity index (χ0n) is 7.77. The lowest BCUT2D eigenvalue weighted by atomic mass is 10.2. The van der Waals surface area contributed by atoms with E-state index in [9.17, 15) is 14.9 Å². The summed E-state index contributed by atoms with van der Waals surface area (Å²) in [6, 6.07) is 5.28. The summed E-state index contributed by atoms with van der Waals surface area (Å²) >= 11 is 0. The third-order valence-corrected chi connectivity index (χ3v) is 1.65. The molecule has 0 spiro atoms. The number of carbonyl (C=O) groups excluding carboxylic acids is 1. The fourth-order valence-corrected chi connectivity index (χ4v) is 0.969. The summed E-state index contributed by atoms with van der Waals surface area (Å²) in [5.74, 6) is 0. The molecule has 1 aromatic rings. The van der Waals surface area contributed by atoms with Crippen LogP contribution < -0.4 is 16.6 Å². The molecule has 1 aromatic carbocycles. The Bertz CT molecular complexity index is 363. The predicted molar refractivity (Wildman–Crippen MR) is 52.7 cm³/mol. The number of nitrogens with zero attached hydrogens (tertiary/aromatic N) is 1. The largest absolute Gasteiger partial charge is 0.351 e. The summed E-state index contributed by atoms with van der Waals surface area (Å²) in [4.78, 5) is 20.2. The first-order valence-corrected chi connectivity index (χ1v) is 4.11. The van der Waals surface area contributed by atoms with E-state index in [1.807, 2.05) is 0 Å². The van der Waals surface area contributed by atoms with Crippen molar-refractivity contribution in [2.45, 2.75) is 6.54 Å². The molecule has 0 unspecified atom stereocenters.